The van der Waals surface area contributed by atoms with Crippen LogP contribution in [0.5, 0.6) is 0 Å². The number of carbonyl (C=O) groups excluding carboxylic acids is 3. The summed E-state index contributed by atoms with van der Waals surface area (Å²) < 4.78 is 5.03. The van der Waals surface area contributed by atoms with Gasteiger partial charge in [-0.3, -0.25) is 9.59 Å². The van der Waals surface area contributed by atoms with Crippen LogP contribution >= 0.6 is 0 Å². The molecule has 2 aliphatic heterocycles. The van der Waals surface area contributed by atoms with Crippen LogP contribution in [0, 0.1) is 5.92 Å². The standard InChI is InChI=1S/C22H29N3O4/c1-29-21(27)18-12-17-13-24(22(28)23-16-10-6-3-7-11-16)14-19(26)25(17)20(18)15-8-4-2-5-9-15/h2,4-5,8-9,16-18,20H,3,6-7,10-14H2,1H3,(H,23,28)/t17-,18-,20-/m0/s1. The summed E-state index contributed by atoms with van der Waals surface area (Å²) in [7, 11) is 1.38. The number of hydrogen-bond donors (Lipinski definition) is 1. The summed E-state index contributed by atoms with van der Waals surface area (Å²) in [6, 6.07) is 9.14. The van der Waals surface area contributed by atoms with E-state index in [2.05, 4.69) is 5.32 Å². The number of fused-ring (bicyclic) bond motifs is 1. The SMILES string of the molecule is COC(=O)[C@H]1C[C@H]2CN(C(=O)NC3CCCCC3)CC(=O)N2[C@H]1c1ccccc1. The van der Waals surface area contributed by atoms with Crippen LogP contribution in [0.2, 0.25) is 0 Å². The lowest BCUT2D eigenvalue weighted by molar-refractivity contribution is -0.147. The Labute approximate surface area is 171 Å². The maximum atomic E-state index is 13.1. The smallest absolute Gasteiger partial charge is 0.318 e. The largest absolute Gasteiger partial charge is 0.469 e. The predicted octanol–water partition coefficient (Wildman–Crippen LogP) is 2.48. The Balaban J connectivity index is 1.51. The van der Waals surface area contributed by atoms with Crippen LogP contribution in [0.3, 0.4) is 0 Å². The summed E-state index contributed by atoms with van der Waals surface area (Å²) in [6.07, 6.45) is 6.01. The number of nitrogens with one attached hydrogen (secondary N) is 1. The van der Waals surface area contributed by atoms with Crippen LogP contribution in [0.25, 0.3) is 0 Å². The fourth-order valence-corrected chi connectivity index (χ4v) is 5.13. The van der Waals surface area contributed by atoms with Gasteiger partial charge in [0.05, 0.1) is 25.1 Å². The molecule has 1 saturated carbocycles. The monoisotopic (exact) mass is 399 g/mol. The molecule has 3 fully saturated rings. The first kappa shape index (κ1) is 19.7. The number of urea groups is 1. The fraction of sp³-hybridized carbons (Fsp3) is 0.591. The molecule has 1 N–H and O–H groups in total. The first-order valence-corrected chi connectivity index (χ1v) is 10.6. The second-order valence-electron chi connectivity index (χ2n) is 8.34. The van der Waals surface area contributed by atoms with Crippen molar-refractivity contribution in [3.8, 4) is 0 Å². The van der Waals surface area contributed by atoms with Crippen LogP contribution in [0.15, 0.2) is 30.3 Å². The van der Waals surface area contributed by atoms with Gasteiger partial charge in [0.1, 0.15) is 6.54 Å². The lowest BCUT2D eigenvalue weighted by Gasteiger charge is -2.40. The van der Waals surface area contributed by atoms with Crippen LogP contribution in [0.1, 0.15) is 50.1 Å². The Morgan fingerprint density at radius 1 is 1.10 bits per heavy atom. The number of benzene rings is 1. The van der Waals surface area contributed by atoms with Crippen molar-refractivity contribution in [3.63, 3.8) is 0 Å². The number of methoxy groups -OCH3 is 1. The molecular formula is C22H29N3O4. The van der Waals surface area contributed by atoms with Crippen LogP contribution < -0.4 is 5.32 Å². The summed E-state index contributed by atoms with van der Waals surface area (Å²) in [4.78, 5) is 41.7. The van der Waals surface area contributed by atoms with Gasteiger partial charge < -0.3 is 19.9 Å². The molecule has 0 aromatic heterocycles. The zero-order valence-corrected chi connectivity index (χ0v) is 16.9. The summed E-state index contributed by atoms with van der Waals surface area (Å²) in [5, 5.41) is 3.10. The molecule has 1 aromatic rings. The first-order chi connectivity index (χ1) is 14.1. The molecule has 29 heavy (non-hydrogen) atoms. The number of carbonyl (C=O) groups is 3. The van der Waals surface area contributed by atoms with Gasteiger partial charge in [0.2, 0.25) is 5.91 Å². The normalized spacial score (nSPS) is 27.5. The molecular weight excluding hydrogens is 370 g/mol. The van der Waals surface area contributed by atoms with Crippen molar-refractivity contribution in [1.82, 2.24) is 15.1 Å². The van der Waals surface area contributed by atoms with Crippen molar-refractivity contribution in [2.75, 3.05) is 20.2 Å². The van der Waals surface area contributed by atoms with Gasteiger partial charge in [-0.15, -0.1) is 0 Å². The molecule has 0 spiro atoms. The Hall–Kier alpha value is -2.57. The number of ether oxygens (including phenoxy) is 1. The second-order valence-corrected chi connectivity index (χ2v) is 8.34. The molecule has 1 aliphatic carbocycles. The van der Waals surface area contributed by atoms with E-state index in [0.717, 1.165) is 31.2 Å². The minimum atomic E-state index is -0.419. The Kier molecular flexibility index (Phi) is 5.74. The van der Waals surface area contributed by atoms with Gasteiger partial charge in [-0.05, 0) is 24.8 Å². The molecule has 0 unspecified atom stereocenters. The minimum absolute atomic E-state index is 0.0479. The molecule has 3 amide bonds. The van der Waals surface area contributed by atoms with E-state index >= 15 is 0 Å². The highest BCUT2D eigenvalue weighted by atomic mass is 16.5. The van der Waals surface area contributed by atoms with E-state index in [4.69, 9.17) is 4.74 Å². The van der Waals surface area contributed by atoms with Crippen molar-refractivity contribution in [3.05, 3.63) is 35.9 Å². The van der Waals surface area contributed by atoms with E-state index in [-0.39, 0.29) is 42.6 Å². The van der Waals surface area contributed by atoms with Gasteiger partial charge in [-0.2, -0.15) is 0 Å². The van der Waals surface area contributed by atoms with E-state index < -0.39 is 5.92 Å². The topological polar surface area (TPSA) is 79.0 Å². The third-order valence-corrected chi connectivity index (χ3v) is 6.51. The van der Waals surface area contributed by atoms with Crippen molar-refractivity contribution in [2.24, 2.45) is 5.92 Å². The third kappa shape index (κ3) is 3.95. The molecule has 2 heterocycles. The average molecular weight is 399 g/mol. The fourth-order valence-electron chi connectivity index (χ4n) is 5.13. The molecule has 0 radical (unpaired) electrons. The quantitative estimate of drug-likeness (QED) is 0.792. The highest BCUT2D eigenvalue weighted by Gasteiger charge is 2.51. The van der Waals surface area contributed by atoms with Crippen molar-refractivity contribution in [2.45, 2.75) is 56.7 Å². The second kappa shape index (κ2) is 8.43. The summed E-state index contributed by atoms with van der Waals surface area (Å²) in [6.45, 7) is 0.493. The maximum absolute atomic E-state index is 13.1. The number of piperazine rings is 1. The zero-order valence-electron chi connectivity index (χ0n) is 16.9. The van der Waals surface area contributed by atoms with Gasteiger partial charge in [0.25, 0.3) is 0 Å². The Bertz CT molecular complexity index is 763. The molecule has 4 rings (SSSR count). The van der Waals surface area contributed by atoms with E-state index in [1.807, 2.05) is 30.3 Å². The first-order valence-electron chi connectivity index (χ1n) is 10.6. The summed E-state index contributed by atoms with van der Waals surface area (Å²) in [5.74, 6) is -0.836. The number of amides is 3. The van der Waals surface area contributed by atoms with Crippen molar-refractivity contribution in [1.29, 1.82) is 0 Å². The lowest BCUT2D eigenvalue weighted by Crippen LogP contribution is -2.58. The Morgan fingerprint density at radius 3 is 2.52 bits per heavy atom. The van der Waals surface area contributed by atoms with Crippen LogP contribution in [-0.4, -0.2) is 60.0 Å². The number of esters is 1. The van der Waals surface area contributed by atoms with E-state index in [9.17, 15) is 14.4 Å². The Morgan fingerprint density at radius 2 is 1.83 bits per heavy atom. The molecule has 3 aliphatic rings. The van der Waals surface area contributed by atoms with E-state index in [1.165, 1.54) is 13.5 Å². The van der Waals surface area contributed by atoms with Crippen molar-refractivity contribution < 1.29 is 19.1 Å². The van der Waals surface area contributed by atoms with Crippen LogP contribution in [-0.2, 0) is 14.3 Å². The lowest BCUT2D eigenvalue weighted by atomic mass is 9.93. The number of rotatable bonds is 3. The average Bonchev–Trinajstić information content (AvgIpc) is 3.14. The third-order valence-electron chi connectivity index (χ3n) is 6.51. The molecule has 3 atom stereocenters. The van der Waals surface area contributed by atoms with Gasteiger partial charge in [-0.25, -0.2) is 4.79 Å². The molecule has 7 nitrogen and oxygen atoms in total. The minimum Gasteiger partial charge on any atom is -0.469 e. The van der Waals surface area contributed by atoms with E-state index in [0.29, 0.717) is 13.0 Å². The summed E-state index contributed by atoms with van der Waals surface area (Å²) in [5.41, 5.74) is 0.929. The van der Waals surface area contributed by atoms with Crippen LogP contribution in [0.4, 0.5) is 4.79 Å². The van der Waals surface area contributed by atoms with E-state index in [1.54, 1.807) is 9.80 Å². The number of nitrogens with zero attached hydrogens (tertiary/aromatic N) is 2. The van der Waals surface area contributed by atoms with Crippen molar-refractivity contribution >= 4 is 17.9 Å². The predicted molar refractivity (Wildman–Crippen MR) is 107 cm³/mol. The maximum Gasteiger partial charge on any atom is 0.318 e. The highest BCUT2D eigenvalue weighted by Crippen LogP contribution is 2.43. The number of hydrogen-bond acceptors (Lipinski definition) is 4. The van der Waals surface area contributed by atoms with Gasteiger partial charge in [-0.1, -0.05) is 49.6 Å². The van der Waals surface area contributed by atoms with Gasteiger partial charge in [0, 0.05) is 12.6 Å². The molecule has 1 aromatic carbocycles. The van der Waals surface area contributed by atoms with Gasteiger partial charge >= 0.3 is 12.0 Å². The summed E-state index contributed by atoms with van der Waals surface area (Å²) >= 11 is 0. The zero-order chi connectivity index (χ0) is 20.4. The molecule has 2 saturated heterocycles. The highest BCUT2D eigenvalue weighted by molar-refractivity contribution is 5.87. The molecule has 7 heteroatoms. The molecule has 0 bridgehead atoms. The molecule has 156 valence electrons. The van der Waals surface area contributed by atoms with Gasteiger partial charge in [0.15, 0.2) is 0 Å².